The first kappa shape index (κ1) is 16.6. The molecule has 1 fully saturated rings. The minimum Gasteiger partial charge on any atom is -0.381 e. The van der Waals surface area contributed by atoms with Crippen LogP contribution in [0.5, 0.6) is 0 Å². The summed E-state index contributed by atoms with van der Waals surface area (Å²) < 4.78 is 62.8. The molecule has 5 nitrogen and oxygen atoms in total. The summed E-state index contributed by atoms with van der Waals surface area (Å²) in [6, 6.07) is 0.250. The summed E-state index contributed by atoms with van der Waals surface area (Å²) >= 11 is 0. The van der Waals surface area contributed by atoms with Crippen LogP contribution < -0.4 is 0 Å². The van der Waals surface area contributed by atoms with Crippen molar-refractivity contribution in [3.63, 3.8) is 0 Å². The summed E-state index contributed by atoms with van der Waals surface area (Å²) in [5.74, 6) is -0.0993. The normalized spacial score (nSPS) is 26.5. The molecular formula is C12H19F3N2O3S. The van der Waals surface area contributed by atoms with Gasteiger partial charge in [0, 0.05) is 38.6 Å². The highest BCUT2D eigenvalue weighted by Gasteiger charge is 2.49. The minimum atomic E-state index is -5.54. The third-order valence-corrected chi connectivity index (χ3v) is 4.90. The number of hydrogen-bond acceptors (Lipinski definition) is 5. The Morgan fingerprint density at radius 1 is 1.24 bits per heavy atom. The first-order valence-electron chi connectivity index (χ1n) is 6.81. The second kappa shape index (κ2) is 6.13. The van der Waals surface area contributed by atoms with E-state index in [0.717, 1.165) is 26.2 Å². The lowest BCUT2D eigenvalue weighted by Crippen LogP contribution is -2.49. The van der Waals surface area contributed by atoms with E-state index in [9.17, 15) is 21.6 Å². The molecule has 122 valence electrons. The highest BCUT2D eigenvalue weighted by Crippen LogP contribution is 2.30. The molecule has 0 bridgehead atoms. The molecule has 1 saturated heterocycles. The van der Waals surface area contributed by atoms with Gasteiger partial charge in [-0.3, -0.25) is 4.90 Å². The first-order valence-corrected chi connectivity index (χ1v) is 8.22. The average molecular weight is 328 g/mol. The highest BCUT2D eigenvalue weighted by molar-refractivity contribution is 7.87. The Kier molecular flexibility index (Phi) is 4.84. The fourth-order valence-electron chi connectivity index (χ4n) is 2.58. The Hall–Kier alpha value is -0.800. The molecule has 1 atom stereocenters. The van der Waals surface area contributed by atoms with Crippen molar-refractivity contribution >= 4 is 10.1 Å². The smallest absolute Gasteiger partial charge is 0.381 e. The number of allylic oxidation sites excluding steroid dienone is 1. The van der Waals surface area contributed by atoms with Crippen LogP contribution in [0.3, 0.4) is 0 Å². The van der Waals surface area contributed by atoms with E-state index >= 15 is 0 Å². The number of likely N-dealkylation sites (N-methyl/N-ethyl adjacent to an activating group) is 1. The maximum absolute atomic E-state index is 12.2. The molecule has 0 spiro atoms. The van der Waals surface area contributed by atoms with Crippen LogP contribution in [0.25, 0.3) is 0 Å². The lowest BCUT2D eigenvalue weighted by atomic mass is 9.98. The van der Waals surface area contributed by atoms with Gasteiger partial charge in [0.25, 0.3) is 0 Å². The van der Waals surface area contributed by atoms with E-state index in [1.165, 1.54) is 6.08 Å². The molecule has 0 radical (unpaired) electrons. The molecule has 1 heterocycles. The Bertz CT molecular complexity index is 496. The standard InChI is InChI=1S/C12H19F3N2O3S/c1-16-6-8-17(9-7-16)10-2-4-11(5-3-10)20-21(18,19)12(13,14)15/h4,10H,2-3,5-9H2,1H3/t10-/m1/s1. The maximum atomic E-state index is 12.2. The quantitative estimate of drug-likeness (QED) is 0.581. The van der Waals surface area contributed by atoms with Gasteiger partial charge in [0.2, 0.25) is 0 Å². The zero-order valence-corrected chi connectivity index (χ0v) is 12.6. The fraction of sp³-hybridized carbons (Fsp3) is 0.833. The van der Waals surface area contributed by atoms with E-state index in [1.807, 2.05) is 7.05 Å². The van der Waals surface area contributed by atoms with Crippen LogP contribution in [0.15, 0.2) is 11.8 Å². The zero-order chi connectivity index (χ0) is 15.7. The van der Waals surface area contributed by atoms with Crippen molar-refractivity contribution in [2.75, 3.05) is 33.2 Å². The number of alkyl halides is 3. The number of halogens is 3. The van der Waals surface area contributed by atoms with Gasteiger partial charge in [-0.1, -0.05) is 0 Å². The third-order valence-electron chi connectivity index (χ3n) is 3.90. The van der Waals surface area contributed by atoms with Crippen LogP contribution in [0.4, 0.5) is 13.2 Å². The van der Waals surface area contributed by atoms with Gasteiger partial charge in [0.1, 0.15) is 5.76 Å². The molecule has 0 N–H and O–H groups in total. The van der Waals surface area contributed by atoms with Crippen molar-refractivity contribution in [2.24, 2.45) is 0 Å². The summed E-state index contributed by atoms with van der Waals surface area (Å²) in [5.41, 5.74) is -5.37. The average Bonchev–Trinajstić information content (AvgIpc) is 2.39. The van der Waals surface area contributed by atoms with E-state index in [4.69, 9.17) is 0 Å². The summed E-state index contributed by atoms with van der Waals surface area (Å²) in [6.07, 6.45) is 2.82. The Morgan fingerprint density at radius 2 is 1.86 bits per heavy atom. The second-order valence-electron chi connectivity index (χ2n) is 5.42. The first-order chi connectivity index (χ1) is 9.69. The van der Waals surface area contributed by atoms with Gasteiger partial charge in [-0.25, -0.2) is 0 Å². The van der Waals surface area contributed by atoms with Gasteiger partial charge < -0.3 is 9.08 Å². The van der Waals surface area contributed by atoms with Gasteiger partial charge in [-0.2, -0.15) is 21.6 Å². The molecule has 0 amide bonds. The summed E-state index contributed by atoms with van der Waals surface area (Å²) in [5, 5.41) is 0. The molecule has 0 aromatic rings. The van der Waals surface area contributed by atoms with Crippen molar-refractivity contribution in [3.8, 4) is 0 Å². The van der Waals surface area contributed by atoms with Gasteiger partial charge in [-0.15, -0.1) is 0 Å². The lowest BCUT2D eigenvalue weighted by Gasteiger charge is -2.39. The molecular weight excluding hydrogens is 309 g/mol. The largest absolute Gasteiger partial charge is 0.534 e. The molecule has 0 saturated carbocycles. The lowest BCUT2D eigenvalue weighted by molar-refractivity contribution is -0.0525. The fourth-order valence-corrected chi connectivity index (χ4v) is 3.11. The molecule has 1 aliphatic carbocycles. The molecule has 2 rings (SSSR count). The molecule has 0 unspecified atom stereocenters. The van der Waals surface area contributed by atoms with Crippen molar-refractivity contribution in [1.29, 1.82) is 0 Å². The number of rotatable bonds is 3. The van der Waals surface area contributed by atoms with E-state index in [1.54, 1.807) is 0 Å². The van der Waals surface area contributed by atoms with Crippen LogP contribution in [-0.2, 0) is 14.3 Å². The SMILES string of the molecule is CN1CCN([C@@H]2CC=C(OS(=O)(=O)C(F)(F)F)CC2)CC1. The van der Waals surface area contributed by atoms with Crippen LogP contribution in [0.1, 0.15) is 19.3 Å². The monoisotopic (exact) mass is 328 g/mol. The number of hydrogen-bond donors (Lipinski definition) is 0. The van der Waals surface area contributed by atoms with Gasteiger partial charge in [0.15, 0.2) is 0 Å². The van der Waals surface area contributed by atoms with Gasteiger partial charge in [-0.05, 0) is 26.0 Å². The van der Waals surface area contributed by atoms with E-state index in [-0.39, 0.29) is 18.2 Å². The van der Waals surface area contributed by atoms with Crippen molar-refractivity contribution in [3.05, 3.63) is 11.8 Å². The predicted molar refractivity (Wildman–Crippen MR) is 70.9 cm³/mol. The van der Waals surface area contributed by atoms with Crippen molar-refractivity contribution < 1.29 is 25.8 Å². The zero-order valence-electron chi connectivity index (χ0n) is 11.8. The maximum Gasteiger partial charge on any atom is 0.534 e. The highest BCUT2D eigenvalue weighted by atomic mass is 32.2. The topological polar surface area (TPSA) is 49.9 Å². The molecule has 0 aromatic carbocycles. The van der Waals surface area contributed by atoms with Crippen LogP contribution >= 0.6 is 0 Å². The molecule has 21 heavy (non-hydrogen) atoms. The third kappa shape index (κ3) is 4.10. The van der Waals surface area contributed by atoms with Crippen LogP contribution in [0.2, 0.25) is 0 Å². The second-order valence-corrected chi connectivity index (χ2v) is 6.96. The Balaban J connectivity index is 1.91. The Labute approximate surface area is 122 Å². The molecule has 1 aliphatic heterocycles. The van der Waals surface area contributed by atoms with E-state index in [0.29, 0.717) is 12.8 Å². The number of piperazine rings is 1. The van der Waals surface area contributed by atoms with Crippen LogP contribution in [-0.4, -0.2) is 63.0 Å². The van der Waals surface area contributed by atoms with Crippen LogP contribution in [0, 0.1) is 0 Å². The van der Waals surface area contributed by atoms with E-state index < -0.39 is 15.6 Å². The van der Waals surface area contributed by atoms with E-state index in [2.05, 4.69) is 14.0 Å². The predicted octanol–water partition coefficient (Wildman–Crippen LogP) is 1.54. The van der Waals surface area contributed by atoms with Crippen molar-refractivity contribution in [2.45, 2.75) is 30.8 Å². The summed E-state index contributed by atoms with van der Waals surface area (Å²) in [7, 11) is -3.49. The molecule has 0 aromatic heterocycles. The number of nitrogens with zero attached hydrogens (tertiary/aromatic N) is 2. The minimum absolute atomic E-state index is 0.0993. The molecule has 9 heteroatoms. The van der Waals surface area contributed by atoms with Gasteiger partial charge >= 0.3 is 15.6 Å². The summed E-state index contributed by atoms with van der Waals surface area (Å²) in [6.45, 7) is 3.77. The Morgan fingerprint density at radius 3 is 2.33 bits per heavy atom. The van der Waals surface area contributed by atoms with Gasteiger partial charge in [0.05, 0.1) is 0 Å². The summed E-state index contributed by atoms with van der Waals surface area (Å²) in [4.78, 5) is 4.52. The van der Waals surface area contributed by atoms with Crippen molar-refractivity contribution in [1.82, 2.24) is 9.80 Å². The molecule has 2 aliphatic rings.